The Labute approximate surface area is 115 Å². The van der Waals surface area contributed by atoms with Gasteiger partial charge in [0.25, 0.3) is 0 Å². The lowest BCUT2D eigenvalue weighted by Gasteiger charge is -1.96. The Morgan fingerprint density at radius 2 is 2.21 bits per heavy atom. The molecule has 0 fully saturated rings. The zero-order valence-corrected chi connectivity index (χ0v) is 11.3. The molecule has 0 amide bonds. The third kappa shape index (κ3) is 2.71. The number of aromatic amines is 1. The molecule has 3 aromatic rings. The summed E-state index contributed by atoms with van der Waals surface area (Å²) < 4.78 is 5.19. The molecule has 2 heterocycles. The van der Waals surface area contributed by atoms with Crippen molar-refractivity contribution in [3.63, 3.8) is 0 Å². The van der Waals surface area contributed by atoms with E-state index in [1.807, 2.05) is 36.4 Å². The number of hydrogen-bond acceptors (Lipinski definition) is 4. The minimum absolute atomic E-state index is 0.772. The molecule has 0 unspecified atom stereocenters. The van der Waals surface area contributed by atoms with Gasteiger partial charge in [-0.15, -0.1) is 0 Å². The van der Waals surface area contributed by atoms with Crippen LogP contribution in [0.1, 0.15) is 5.82 Å². The van der Waals surface area contributed by atoms with Gasteiger partial charge in [0.1, 0.15) is 11.6 Å². The van der Waals surface area contributed by atoms with Gasteiger partial charge in [0.15, 0.2) is 0 Å². The van der Waals surface area contributed by atoms with Crippen LogP contribution in [0.5, 0.6) is 5.75 Å². The number of nitrogens with one attached hydrogen (secondary N) is 1. The van der Waals surface area contributed by atoms with Crippen LogP contribution < -0.4 is 4.74 Å². The summed E-state index contributed by atoms with van der Waals surface area (Å²) in [7, 11) is 1.66. The summed E-state index contributed by atoms with van der Waals surface area (Å²) in [4.78, 5) is 12.1. The average Bonchev–Trinajstić information content (AvgIpc) is 2.88. The second kappa shape index (κ2) is 5.32. The first-order valence-electron chi connectivity index (χ1n) is 5.91. The molecule has 1 N–H and O–H groups in total. The minimum atomic E-state index is 0.772. The number of rotatable bonds is 4. The first-order chi connectivity index (χ1) is 9.35. The Morgan fingerprint density at radius 3 is 3.00 bits per heavy atom. The van der Waals surface area contributed by atoms with Crippen molar-refractivity contribution in [2.45, 2.75) is 10.8 Å². The van der Waals surface area contributed by atoms with Crippen LogP contribution in [0.3, 0.4) is 0 Å². The largest absolute Gasteiger partial charge is 0.497 e. The maximum atomic E-state index is 5.19. The van der Waals surface area contributed by atoms with Gasteiger partial charge in [0.05, 0.1) is 28.9 Å². The number of benzene rings is 1. The van der Waals surface area contributed by atoms with E-state index in [2.05, 4.69) is 15.0 Å². The fourth-order valence-electron chi connectivity index (χ4n) is 1.81. The molecule has 3 rings (SSSR count). The van der Waals surface area contributed by atoms with Crippen molar-refractivity contribution < 1.29 is 4.74 Å². The lowest BCUT2D eigenvalue weighted by Crippen LogP contribution is -1.84. The molecule has 96 valence electrons. The van der Waals surface area contributed by atoms with Crippen LogP contribution in [-0.4, -0.2) is 22.1 Å². The predicted molar refractivity (Wildman–Crippen MR) is 76.4 cm³/mol. The maximum Gasteiger partial charge on any atom is 0.121 e. The highest BCUT2D eigenvalue weighted by Crippen LogP contribution is 2.22. The molecule has 0 saturated heterocycles. The van der Waals surface area contributed by atoms with Gasteiger partial charge in [0.2, 0.25) is 0 Å². The summed E-state index contributed by atoms with van der Waals surface area (Å²) >= 11 is 1.66. The van der Waals surface area contributed by atoms with Gasteiger partial charge in [-0.25, -0.2) is 9.97 Å². The average molecular weight is 271 g/mol. The number of fused-ring (bicyclic) bond motifs is 1. The van der Waals surface area contributed by atoms with Crippen LogP contribution in [0.2, 0.25) is 0 Å². The van der Waals surface area contributed by atoms with E-state index in [1.165, 1.54) is 0 Å². The van der Waals surface area contributed by atoms with E-state index in [0.717, 1.165) is 33.4 Å². The van der Waals surface area contributed by atoms with Crippen molar-refractivity contribution in [2.24, 2.45) is 0 Å². The minimum Gasteiger partial charge on any atom is -0.497 e. The van der Waals surface area contributed by atoms with Crippen molar-refractivity contribution in [3.8, 4) is 5.75 Å². The van der Waals surface area contributed by atoms with E-state index in [9.17, 15) is 0 Å². The molecule has 0 spiro atoms. The summed E-state index contributed by atoms with van der Waals surface area (Å²) in [6.07, 6.45) is 1.80. The number of aromatic nitrogens is 3. The van der Waals surface area contributed by atoms with E-state index < -0.39 is 0 Å². The second-order valence-electron chi connectivity index (χ2n) is 4.02. The van der Waals surface area contributed by atoms with Gasteiger partial charge in [-0.3, -0.25) is 0 Å². The standard InChI is InChI=1S/C14H13N3OS/c1-18-10-5-6-11-12(8-10)17-13(16-11)9-19-14-4-2-3-7-15-14/h2-8H,9H2,1H3,(H,16,17). The number of nitrogens with zero attached hydrogens (tertiary/aromatic N) is 2. The van der Waals surface area contributed by atoms with Gasteiger partial charge in [0, 0.05) is 12.3 Å². The molecule has 2 aromatic heterocycles. The zero-order valence-electron chi connectivity index (χ0n) is 10.5. The van der Waals surface area contributed by atoms with Crippen LogP contribution >= 0.6 is 11.8 Å². The van der Waals surface area contributed by atoms with Gasteiger partial charge >= 0.3 is 0 Å². The van der Waals surface area contributed by atoms with E-state index in [0.29, 0.717) is 0 Å². The monoisotopic (exact) mass is 271 g/mol. The van der Waals surface area contributed by atoms with E-state index >= 15 is 0 Å². The van der Waals surface area contributed by atoms with Gasteiger partial charge in [-0.05, 0) is 24.3 Å². The van der Waals surface area contributed by atoms with E-state index in [1.54, 1.807) is 25.1 Å². The molecular weight excluding hydrogens is 258 g/mol. The number of pyridine rings is 1. The Hall–Kier alpha value is -2.01. The lowest BCUT2D eigenvalue weighted by atomic mass is 10.3. The summed E-state index contributed by atoms with van der Waals surface area (Å²) in [6.45, 7) is 0. The third-order valence-electron chi connectivity index (χ3n) is 2.73. The molecular formula is C14H13N3OS. The predicted octanol–water partition coefficient (Wildman–Crippen LogP) is 3.26. The molecule has 0 radical (unpaired) electrons. The number of hydrogen-bond donors (Lipinski definition) is 1. The van der Waals surface area contributed by atoms with Crippen LogP contribution in [-0.2, 0) is 5.75 Å². The van der Waals surface area contributed by atoms with Crippen LogP contribution in [0.4, 0.5) is 0 Å². The van der Waals surface area contributed by atoms with Crippen LogP contribution in [0.15, 0.2) is 47.6 Å². The van der Waals surface area contributed by atoms with Gasteiger partial charge < -0.3 is 9.72 Å². The number of imidazole rings is 1. The lowest BCUT2D eigenvalue weighted by molar-refractivity contribution is 0.415. The first-order valence-corrected chi connectivity index (χ1v) is 6.90. The molecule has 0 bridgehead atoms. The molecule has 5 heteroatoms. The third-order valence-corrected chi connectivity index (χ3v) is 3.69. The van der Waals surface area contributed by atoms with Crippen molar-refractivity contribution in [1.29, 1.82) is 0 Å². The van der Waals surface area contributed by atoms with Gasteiger partial charge in [-0.1, -0.05) is 17.8 Å². The summed E-state index contributed by atoms with van der Waals surface area (Å²) in [5.41, 5.74) is 1.95. The highest BCUT2D eigenvalue weighted by molar-refractivity contribution is 7.98. The van der Waals surface area contributed by atoms with Crippen LogP contribution in [0, 0.1) is 0 Å². The Bertz CT molecular complexity index is 681. The fraction of sp³-hybridized carbons (Fsp3) is 0.143. The van der Waals surface area contributed by atoms with Crippen molar-refractivity contribution >= 4 is 22.8 Å². The summed E-state index contributed by atoms with van der Waals surface area (Å²) in [5, 5.41) is 1.00. The topological polar surface area (TPSA) is 50.8 Å². The molecule has 4 nitrogen and oxygen atoms in total. The molecule has 19 heavy (non-hydrogen) atoms. The Morgan fingerprint density at radius 1 is 1.26 bits per heavy atom. The van der Waals surface area contributed by atoms with Crippen molar-refractivity contribution in [1.82, 2.24) is 15.0 Å². The highest BCUT2D eigenvalue weighted by atomic mass is 32.2. The van der Waals surface area contributed by atoms with Crippen LogP contribution in [0.25, 0.3) is 11.0 Å². The fourth-order valence-corrected chi connectivity index (χ4v) is 2.54. The Balaban J connectivity index is 1.78. The molecule has 0 aliphatic rings. The summed E-state index contributed by atoms with van der Waals surface area (Å²) in [5.74, 6) is 2.54. The van der Waals surface area contributed by atoms with Crippen molar-refractivity contribution in [3.05, 3.63) is 48.4 Å². The molecule has 0 aliphatic heterocycles. The zero-order chi connectivity index (χ0) is 13.1. The first kappa shape index (κ1) is 12.0. The molecule has 0 aliphatic carbocycles. The van der Waals surface area contributed by atoms with Gasteiger partial charge in [-0.2, -0.15) is 0 Å². The maximum absolute atomic E-state index is 5.19. The second-order valence-corrected chi connectivity index (χ2v) is 5.02. The number of methoxy groups -OCH3 is 1. The molecule has 0 atom stereocenters. The molecule has 0 saturated carbocycles. The van der Waals surface area contributed by atoms with E-state index in [-0.39, 0.29) is 0 Å². The number of ether oxygens (including phenoxy) is 1. The van der Waals surface area contributed by atoms with Crippen molar-refractivity contribution in [2.75, 3.05) is 7.11 Å². The highest BCUT2D eigenvalue weighted by Gasteiger charge is 2.05. The quantitative estimate of drug-likeness (QED) is 0.740. The number of thioether (sulfide) groups is 1. The normalized spacial score (nSPS) is 10.8. The number of H-pyrrole nitrogens is 1. The Kier molecular flexibility index (Phi) is 3.37. The smallest absolute Gasteiger partial charge is 0.121 e. The molecule has 1 aromatic carbocycles. The van der Waals surface area contributed by atoms with E-state index in [4.69, 9.17) is 4.74 Å². The summed E-state index contributed by atoms with van der Waals surface area (Å²) in [6, 6.07) is 11.7. The SMILES string of the molecule is COc1ccc2[nH]c(CSc3ccccn3)nc2c1.